The zero-order chi connectivity index (χ0) is 12.0. The summed E-state index contributed by atoms with van der Waals surface area (Å²) in [5.41, 5.74) is 1.15. The molecule has 1 amide bonds. The van der Waals surface area contributed by atoms with E-state index in [-0.39, 0.29) is 11.7 Å². The van der Waals surface area contributed by atoms with Gasteiger partial charge >= 0.3 is 0 Å². The molecule has 0 fully saturated rings. The van der Waals surface area contributed by atoms with Crippen LogP contribution in [0.25, 0.3) is 0 Å². The average Bonchev–Trinajstić information content (AvgIpc) is 2.18. The number of carbonyl (C=O) groups is 1. The fourth-order valence-electron chi connectivity index (χ4n) is 1.12. The molecule has 0 aromatic heterocycles. The summed E-state index contributed by atoms with van der Waals surface area (Å²) in [6.45, 7) is 5.76. The molecule has 0 aliphatic rings. The van der Waals surface area contributed by atoms with E-state index in [1.54, 1.807) is 27.1 Å². The molecule has 0 aliphatic carbocycles. The van der Waals surface area contributed by atoms with E-state index < -0.39 is 0 Å². The van der Waals surface area contributed by atoms with Gasteiger partial charge in [-0.1, -0.05) is 13.8 Å². The number of benzene rings is 1. The maximum atomic E-state index is 12.9. The molecule has 0 bridgehead atoms. The predicted octanol–water partition coefficient (Wildman–Crippen LogP) is 2.86. The van der Waals surface area contributed by atoms with Crippen LogP contribution in [-0.4, -0.2) is 24.9 Å². The first-order chi connectivity index (χ1) is 7.00. The summed E-state index contributed by atoms with van der Waals surface area (Å²) >= 11 is 0. The molecular weight excluding hydrogens is 193 g/mol. The summed E-state index contributed by atoms with van der Waals surface area (Å²) in [6, 6.07) is 4.31. The van der Waals surface area contributed by atoms with Crippen molar-refractivity contribution in [2.75, 3.05) is 14.1 Å². The van der Waals surface area contributed by atoms with Crippen LogP contribution >= 0.6 is 0 Å². The van der Waals surface area contributed by atoms with Gasteiger partial charge in [0.15, 0.2) is 0 Å². The lowest BCUT2D eigenvalue weighted by Gasteiger charge is -2.10. The SMILES string of the molecule is CC.Cc1cc(F)cc(C(=O)N(C)C)c1. The first-order valence-electron chi connectivity index (χ1n) is 4.99. The minimum Gasteiger partial charge on any atom is -0.345 e. The van der Waals surface area contributed by atoms with E-state index in [1.807, 2.05) is 13.8 Å². The van der Waals surface area contributed by atoms with Crippen molar-refractivity contribution < 1.29 is 9.18 Å². The van der Waals surface area contributed by atoms with Gasteiger partial charge in [-0.15, -0.1) is 0 Å². The largest absolute Gasteiger partial charge is 0.345 e. The van der Waals surface area contributed by atoms with Gasteiger partial charge in [0, 0.05) is 19.7 Å². The second-order valence-electron chi connectivity index (χ2n) is 3.22. The molecule has 3 heteroatoms. The standard InChI is InChI=1S/C10H12FNO.C2H6/c1-7-4-8(6-9(11)5-7)10(13)12(2)3;1-2/h4-6H,1-3H3;1-2H3. The minimum atomic E-state index is -0.370. The molecule has 0 atom stereocenters. The van der Waals surface area contributed by atoms with Gasteiger partial charge in [-0.2, -0.15) is 0 Å². The van der Waals surface area contributed by atoms with Crippen molar-refractivity contribution in [2.45, 2.75) is 20.8 Å². The number of amides is 1. The topological polar surface area (TPSA) is 20.3 Å². The Morgan fingerprint density at radius 3 is 2.13 bits per heavy atom. The monoisotopic (exact) mass is 211 g/mol. The zero-order valence-electron chi connectivity index (χ0n) is 9.97. The lowest BCUT2D eigenvalue weighted by Crippen LogP contribution is -2.21. The lowest BCUT2D eigenvalue weighted by atomic mass is 10.1. The first kappa shape index (κ1) is 13.6. The number of hydrogen-bond donors (Lipinski definition) is 0. The second kappa shape index (κ2) is 6.17. The van der Waals surface area contributed by atoms with Gasteiger partial charge in [-0.05, 0) is 30.7 Å². The quantitative estimate of drug-likeness (QED) is 0.699. The summed E-state index contributed by atoms with van der Waals surface area (Å²) in [7, 11) is 3.28. The summed E-state index contributed by atoms with van der Waals surface area (Å²) in [4.78, 5) is 12.8. The van der Waals surface area contributed by atoms with Crippen molar-refractivity contribution in [2.24, 2.45) is 0 Å². The molecule has 0 aliphatic heterocycles. The summed E-state index contributed by atoms with van der Waals surface area (Å²) < 4.78 is 12.9. The molecule has 1 aromatic rings. The first-order valence-corrected chi connectivity index (χ1v) is 4.99. The van der Waals surface area contributed by atoms with E-state index in [4.69, 9.17) is 0 Å². The van der Waals surface area contributed by atoms with Crippen molar-refractivity contribution in [3.05, 3.63) is 35.1 Å². The highest BCUT2D eigenvalue weighted by Crippen LogP contribution is 2.09. The molecule has 2 nitrogen and oxygen atoms in total. The number of halogens is 1. The Morgan fingerprint density at radius 1 is 1.20 bits per heavy atom. The molecule has 15 heavy (non-hydrogen) atoms. The Balaban J connectivity index is 0.000000921. The number of rotatable bonds is 1. The molecule has 0 unspecified atom stereocenters. The normalized spacial score (nSPS) is 8.93. The van der Waals surface area contributed by atoms with E-state index in [1.165, 1.54) is 17.0 Å². The third-order valence-electron chi connectivity index (χ3n) is 1.70. The predicted molar refractivity (Wildman–Crippen MR) is 60.5 cm³/mol. The van der Waals surface area contributed by atoms with Gasteiger partial charge in [0.2, 0.25) is 0 Å². The summed E-state index contributed by atoms with van der Waals surface area (Å²) in [6.07, 6.45) is 0. The lowest BCUT2D eigenvalue weighted by molar-refractivity contribution is 0.0827. The second-order valence-corrected chi connectivity index (χ2v) is 3.22. The molecule has 0 saturated carbocycles. The van der Waals surface area contributed by atoms with Crippen LogP contribution < -0.4 is 0 Å². The Bertz CT molecular complexity index is 314. The number of aryl methyl sites for hydroxylation is 1. The summed E-state index contributed by atoms with van der Waals surface area (Å²) in [5.74, 6) is -0.548. The molecule has 84 valence electrons. The van der Waals surface area contributed by atoms with Crippen LogP contribution in [0.5, 0.6) is 0 Å². The van der Waals surface area contributed by atoms with Crippen molar-refractivity contribution in [3.63, 3.8) is 0 Å². The fourth-order valence-corrected chi connectivity index (χ4v) is 1.12. The van der Waals surface area contributed by atoms with Crippen LogP contribution in [0.2, 0.25) is 0 Å². The van der Waals surface area contributed by atoms with E-state index in [0.29, 0.717) is 5.56 Å². The van der Waals surface area contributed by atoms with Gasteiger partial charge in [-0.3, -0.25) is 4.79 Å². The van der Waals surface area contributed by atoms with E-state index in [2.05, 4.69) is 0 Å². The van der Waals surface area contributed by atoms with Gasteiger partial charge in [-0.25, -0.2) is 4.39 Å². The molecule has 0 saturated heterocycles. The third kappa shape index (κ3) is 4.11. The Morgan fingerprint density at radius 2 is 1.73 bits per heavy atom. The molecule has 0 N–H and O–H groups in total. The number of carbonyl (C=O) groups excluding carboxylic acids is 1. The van der Waals surface area contributed by atoms with Crippen molar-refractivity contribution in [1.29, 1.82) is 0 Å². The zero-order valence-corrected chi connectivity index (χ0v) is 9.97. The Kier molecular flexibility index (Phi) is 5.60. The third-order valence-corrected chi connectivity index (χ3v) is 1.70. The van der Waals surface area contributed by atoms with Crippen LogP contribution in [0.15, 0.2) is 18.2 Å². The fraction of sp³-hybridized carbons (Fsp3) is 0.417. The smallest absolute Gasteiger partial charge is 0.253 e. The molecule has 0 radical (unpaired) electrons. The van der Waals surface area contributed by atoms with Crippen molar-refractivity contribution in [1.82, 2.24) is 4.90 Å². The van der Waals surface area contributed by atoms with Gasteiger partial charge in [0.1, 0.15) is 5.82 Å². The van der Waals surface area contributed by atoms with Gasteiger partial charge in [0.05, 0.1) is 0 Å². The molecular formula is C12H18FNO. The van der Waals surface area contributed by atoms with Crippen LogP contribution in [0.3, 0.4) is 0 Å². The molecule has 1 rings (SSSR count). The van der Waals surface area contributed by atoms with Crippen LogP contribution in [0.1, 0.15) is 29.8 Å². The molecule has 0 heterocycles. The highest BCUT2D eigenvalue weighted by molar-refractivity contribution is 5.94. The maximum Gasteiger partial charge on any atom is 0.253 e. The average molecular weight is 211 g/mol. The van der Waals surface area contributed by atoms with Crippen LogP contribution in [-0.2, 0) is 0 Å². The van der Waals surface area contributed by atoms with Crippen molar-refractivity contribution >= 4 is 5.91 Å². The highest BCUT2D eigenvalue weighted by atomic mass is 19.1. The highest BCUT2D eigenvalue weighted by Gasteiger charge is 2.08. The summed E-state index contributed by atoms with van der Waals surface area (Å²) in [5, 5.41) is 0. The van der Waals surface area contributed by atoms with E-state index in [9.17, 15) is 9.18 Å². The molecule has 0 spiro atoms. The molecule has 1 aromatic carbocycles. The number of hydrogen-bond acceptors (Lipinski definition) is 1. The van der Waals surface area contributed by atoms with Gasteiger partial charge < -0.3 is 4.90 Å². The number of nitrogens with zero attached hydrogens (tertiary/aromatic N) is 1. The maximum absolute atomic E-state index is 12.9. The van der Waals surface area contributed by atoms with Gasteiger partial charge in [0.25, 0.3) is 5.91 Å². The van der Waals surface area contributed by atoms with E-state index in [0.717, 1.165) is 5.56 Å². The Labute approximate surface area is 90.7 Å². The van der Waals surface area contributed by atoms with Crippen molar-refractivity contribution in [3.8, 4) is 0 Å². The minimum absolute atomic E-state index is 0.178. The Hall–Kier alpha value is -1.38. The van der Waals surface area contributed by atoms with E-state index >= 15 is 0 Å². The van der Waals surface area contributed by atoms with Crippen LogP contribution in [0.4, 0.5) is 4.39 Å². The van der Waals surface area contributed by atoms with Crippen LogP contribution in [0, 0.1) is 12.7 Å².